The van der Waals surface area contributed by atoms with Crippen LogP contribution in [0.3, 0.4) is 0 Å². The third-order valence-corrected chi connectivity index (χ3v) is 6.24. The van der Waals surface area contributed by atoms with Crippen LogP contribution < -0.4 is 34.4 Å². The second-order valence-electron chi connectivity index (χ2n) is 9.45. The Labute approximate surface area is 264 Å². The standard InChI is InChI=1S/C34H31N3O9/c1-5-44-31-17-22(9-15-29(31)46-34(41)23-10-13-27(42-3)14-11-23)20-35-37-33(40)24-7-6-8-26(18-24)36-32(39)25-12-16-28(45-21(2)38)30(19-25)43-4/h6-20H,5H2,1-4H3,(H,36,39)(H,37,40). The summed E-state index contributed by atoms with van der Waals surface area (Å²) in [5.74, 6) is -0.510. The van der Waals surface area contributed by atoms with Gasteiger partial charge in [0.1, 0.15) is 5.75 Å². The molecule has 0 radical (unpaired) electrons. The molecule has 0 aliphatic rings. The second kappa shape index (κ2) is 15.5. The number of carbonyl (C=O) groups excluding carboxylic acids is 4. The van der Waals surface area contributed by atoms with Crippen molar-refractivity contribution in [2.24, 2.45) is 5.10 Å². The summed E-state index contributed by atoms with van der Waals surface area (Å²) in [6.45, 7) is 3.38. The van der Waals surface area contributed by atoms with Crippen LogP contribution in [0.5, 0.6) is 28.7 Å². The zero-order valence-electron chi connectivity index (χ0n) is 25.5. The summed E-state index contributed by atoms with van der Waals surface area (Å²) in [7, 11) is 2.93. The molecule has 236 valence electrons. The van der Waals surface area contributed by atoms with E-state index in [0.717, 1.165) is 0 Å². The molecule has 12 nitrogen and oxygen atoms in total. The Morgan fingerprint density at radius 3 is 2.11 bits per heavy atom. The van der Waals surface area contributed by atoms with E-state index in [4.69, 9.17) is 23.7 Å². The van der Waals surface area contributed by atoms with Gasteiger partial charge in [-0.1, -0.05) is 6.07 Å². The van der Waals surface area contributed by atoms with Crippen LogP contribution in [0.25, 0.3) is 0 Å². The van der Waals surface area contributed by atoms with Gasteiger partial charge in [0.15, 0.2) is 23.0 Å². The van der Waals surface area contributed by atoms with Gasteiger partial charge < -0.3 is 29.0 Å². The van der Waals surface area contributed by atoms with Crippen LogP contribution in [-0.2, 0) is 4.79 Å². The number of anilines is 1. The Morgan fingerprint density at radius 1 is 0.717 bits per heavy atom. The third-order valence-electron chi connectivity index (χ3n) is 6.24. The fraction of sp³-hybridized carbons (Fsp3) is 0.147. The van der Waals surface area contributed by atoms with Gasteiger partial charge in [0.25, 0.3) is 11.8 Å². The summed E-state index contributed by atoms with van der Waals surface area (Å²) in [5.41, 5.74) is 4.23. The molecular formula is C34H31N3O9. The lowest BCUT2D eigenvalue weighted by atomic mass is 10.1. The van der Waals surface area contributed by atoms with Crippen LogP contribution in [0.4, 0.5) is 5.69 Å². The number of amides is 2. The highest BCUT2D eigenvalue weighted by atomic mass is 16.6. The summed E-state index contributed by atoms with van der Waals surface area (Å²) in [6.07, 6.45) is 1.41. The van der Waals surface area contributed by atoms with Crippen molar-refractivity contribution in [3.05, 3.63) is 107 Å². The molecule has 0 fully saturated rings. The van der Waals surface area contributed by atoms with Gasteiger partial charge in [-0.05, 0) is 91.3 Å². The van der Waals surface area contributed by atoms with Gasteiger partial charge >= 0.3 is 11.9 Å². The van der Waals surface area contributed by atoms with Crippen molar-refractivity contribution < 1.29 is 42.9 Å². The van der Waals surface area contributed by atoms with E-state index >= 15 is 0 Å². The van der Waals surface area contributed by atoms with E-state index in [1.165, 1.54) is 51.6 Å². The van der Waals surface area contributed by atoms with E-state index in [9.17, 15) is 19.2 Å². The van der Waals surface area contributed by atoms with Crippen LogP contribution in [0.1, 0.15) is 50.5 Å². The molecule has 4 aromatic carbocycles. The molecule has 12 heteroatoms. The number of nitrogens with zero attached hydrogens (tertiary/aromatic N) is 1. The molecule has 2 amide bonds. The molecule has 0 unspecified atom stereocenters. The Morgan fingerprint density at radius 2 is 1.41 bits per heavy atom. The minimum Gasteiger partial charge on any atom is -0.497 e. The molecule has 0 aliphatic heterocycles. The SMILES string of the molecule is CCOc1cc(C=NNC(=O)c2cccc(NC(=O)c3ccc(OC(C)=O)c(OC)c3)c2)ccc1OC(=O)c1ccc(OC)cc1. The molecule has 0 heterocycles. The molecule has 46 heavy (non-hydrogen) atoms. The predicted octanol–water partition coefficient (Wildman–Crippen LogP) is 5.26. The molecule has 0 aliphatic carbocycles. The van der Waals surface area contributed by atoms with E-state index in [1.54, 1.807) is 67.6 Å². The number of hydrogen-bond donors (Lipinski definition) is 2. The maximum atomic E-state index is 12.8. The first kappa shape index (κ1) is 32.7. The summed E-state index contributed by atoms with van der Waals surface area (Å²) in [6, 6.07) is 22.0. The highest BCUT2D eigenvalue weighted by Crippen LogP contribution is 2.30. The van der Waals surface area contributed by atoms with Crippen molar-refractivity contribution in [1.29, 1.82) is 0 Å². The minimum absolute atomic E-state index is 0.184. The van der Waals surface area contributed by atoms with Crippen LogP contribution in [-0.4, -0.2) is 50.8 Å². The first-order chi connectivity index (χ1) is 22.2. The third kappa shape index (κ3) is 8.69. The largest absolute Gasteiger partial charge is 0.497 e. The molecule has 0 bridgehead atoms. The quantitative estimate of drug-likeness (QED) is 0.0929. The maximum Gasteiger partial charge on any atom is 0.343 e. The number of rotatable bonds is 12. The Bertz CT molecular complexity index is 1770. The maximum absolute atomic E-state index is 12.8. The molecule has 2 N–H and O–H groups in total. The predicted molar refractivity (Wildman–Crippen MR) is 169 cm³/mol. The second-order valence-corrected chi connectivity index (χ2v) is 9.45. The van der Waals surface area contributed by atoms with Crippen LogP contribution in [0.2, 0.25) is 0 Å². The van der Waals surface area contributed by atoms with Gasteiger partial charge in [0, 0.05) is 23.7 Å². The van der Waals surface area contributed by atoms with Crippen molar-refractivity contribution in [1.82, 2.24) is 5.43 Å². The highest BCUT2D eigenvalue weighted by molar-refractivity contribution is 6.05. The first-order valence-corrected chi connectivity index (χ1v) is 13.9. The number of hydrogen-bond acceptors (Lipinski definition) is 10. The Kier molecular flexibility index (Phi) is 11.0. The lowest BCUT2D eigenvalue weighted by Crippen LogP contribution is -2.18. The fourth-order valence-electron chi connectivity index (χ4n) is 4.06. The molecule has 0 atom stereocenters. The zero-order chi connectivity index (χ0) is 33.1. The number of hydrazone groups is 1. The van der Waals surface area contributed by atoms with Gasteiger partial charge in [0.2, 0.25) is 0 Å². The Balaban J connectivity index is 1.39. The smallest absolute Gasteiger partial charge is 0.343 e. The summed E-state index contributed by atoms with van der Waals surface area (Å²) < 4.78 is 26.6. The molecular weight excluding hydrogens is 594 g/mol. The van der Waals surface area contributed by atoms with Gasteiger partial charge in [-0.3, -0.25) is 14.4 Å². The lowest BCUT2D eigenvalue weighted by Gasteiger charge is -2.11. The van der Waals surface area contributed by atoms with E-state index in [2.05, 4.69) is 15.8 Å². The molecule has 0 saturated carbocycles. The fourth-order valence-corrected chi connectivity index (χ4v) is 4.06. The first-order valence-electron chi connectivity index (χ1n) is 13.9. The van der Waals surface area contributed by atoms with Crippen molar-refractivity contribution >= 4 is 35.7 Å². The van der Waals surface area contributed by atoms with Gasteiger partial charge in [0.05, 0.1) is 32.6 Å². The van der Waals surface area contributed by atoms with Gasteiger partial charge in [-0.25, -0.2) is 10.2 Å². The van der Waals surface area contributed by atoms with E-state index in [0.29, 0.717) is 34.9 Å². The van der Waals surface area contributed by atoms with E-state index in [-0.39, 0.29) is 28.4 Å². The molecule has 0 saturated heterocycles. The van der Waals surface area contributed by atoms with Gasteiger partial charge in [-0.15, -0.1) is 0 Å². The summed E-state index contributed by atoms with van der Waals surface area (Å²) >= 11 is 0. The number of methoxy groups -OCH3 is 2. The summed E-state index contributed by atoms with van der Waals surface area (Å²) in [4.78, 5) is 49.5. The van der Waals surface area contributed by atoms with Crippen molar-refractivity contribution in [3.8, 4) is 28.7 Å². The van der Waals surface area contributed by atoms with Crippen LogP contribution in [0.15, 0.2) is 90.0 Å². The number of ether oxygens (including phenoxy) is 5. The molecule has 0 spiro atoms. The van der Waals surface area contributed by atoms with E-state index < -0.39 is 23.8 Å². The Hall–Kier alpha value is -6.17. The normalized spacial score (nSPS) is 10.5. The molecule has 4 rings (SSSR count). The van der Waals surface area contributed by atoms with Crippen molar-refractivity contribution in [2.45, 2.75) is 13.8 Å². The molecule has 4 aromatic rings. The number of esters is 2. The number of carbonyl (C=O) groups is 4. The minimum atomic E-state index is -0.562. The number of nitrogens with one attached hydrogen (secondary N) is 2. The summed E-state index contributed by atoms with van der Waals surface area (Å²) in [5, 5.41) is 6.75. The topological polar surface area (TPSA) is 151 Å². The van der Waals surface area contributed by atoms with Crippen LogP contribution in [0, 0.1) is 0 Å². The lowest BCUT2D eigenvalue weighted by molar-refractivity contribution is -0.132. The van der Waals surface area contributed by atoms with E-state index in [1.807, 2.05) is 0 Å². The number of benzene rings is 4. The molecule has 0 aromatic heterocycles. The van der Waals surface area contributed by atoms with Gasteiger partial charge in [-0.2, -0.15) is 5.10 Å². The van der Waals surface area contributed by atoms with Crippen molar-refractivity contribution in [2.75, 3.05) is 26.1 Å². The highest BCUT2D eigenvalue weighted by Gasteiger charge is 2.15. The van der Waals surface area contributed by atoms with Crippen LogP contribution >= 0.6 is 0 Å². The van der Waals surface area contributed by atoms with Crippen molar-refractivity contribution in [3.63, 3.8) is 0 Å². The monoisotopic (exact) mass is 625 g/mol. The average molecular weight is 626 g/mol. The zero-order valence-corrected chi connectivity index (χ0v) is 25.5. The average Bonchev–Trinajstić information content (AvgIpc) is 3.06.